The molecule has 2 atom stereocenters. The Labute approximate surface area is 114 Å². The number of halogens is 1. The second-order valence-electron chi connectivity index (χ2n) is 4.96. The molecule has 2 aliphatic rings. The van der Waals surface area contributed by atoms with E-state index < -0.39 is 0 Å². The Hall–Kier alpha value is -1.06. The monoisotopic (exact) mass is 266 g/mol. The number of carbonyl (C=O) groups is 1. The molecule has 98 valence electrons. The van der Waals surface area contributed by atoms with Crippen LogP contribution in [0.5, 0.6) is 0 Å². The average molecular weight is 267 g/mol. The largest absolute Gasteiger partial charge is 0.331 e. The third-order valence-electron chi connectivity index (χ3n) is 3.91. The number of nitrogens with one attached hydrogen (secondary N) is 1. The van der Waals surface area contributed by atoms with E-state index in [1.165, 1.54) is 6.42 Å². The van der Waals surface area contributed by atoms with Crippen LogP contribution in [0.2, 0.25) is 0 Å². The predicted octanol–water partition coefficient (Wildman–Crippen LogP) is 2.07. The maximum Gasteiger partial charge on any atom is 0.254 e. The van der Waals surface area contributed by atoms with E-state index in [1.807, 2.05) is 30.3 Å². The van der Waals surface area contributed by atoms with E-state index in [-0.39, 0.29) is 18.3 Å². The van der Waals surface area contributed by atoms with E-state index in [0.29, 0.717) is 12.1 Å². The second-order valence-corrected chi connectivity index (χ2v) is 4.96. The quantitative estimate of drug-likeness (QED) is 0.844. The van der Waals surface area contributed by atoms with Crippen molar-refractivity contribution in [3.8, 4) is 0 Å². The first kappa shape index (κ1) is 13.4. The van der Waals surface area contributed by atoms with E-state index in [4.69, 9.17) is 0 Å². The number of hydrogen-bond donors (Lipinski definition) is 1. The van der Waals surface area contributed by atoms with Crippen molar-refractivity contribution in [3.63, 3.8) is 0 Å². The molecular weight excluding hydrogens is 248 g/mol. The summed E-state index contributed by atoms with van der Waals surface area (Å²) < 4.78 is 0. The summed E-state index contributed by atoms with van der Waals surface area (Å²) in [4.78, 5) is 14.6. The van der Waals surface area contributed by atoms with E-state index in [9.17, 15) is 4.79 Å². The Balaban J connectivity index is 0.00000120. The highest BCUT2D eigenvalue weighted by molar-refractivity contribution is 5.94. The zero-order chi connectivity index (χ0) is 11.7. The highest BCUT2D eigenvalue weighted by Crippen LogP contribution is 2.29. The minimum atomic E-state index is 0. The molecule has 3 nitrogen and oxygen atoms in total. The van der Waals surface area contributed by atoms with Crippen LogP contribution in [0.25, 0.3) is 0 Å². The molecule has 0 radical (unpaired) electrons. The minimum absolute atomic E-state index is 0. The van der Waals surface area contributed by atoms with Crippen molar-refractivity contribution < 1.29 is 4.79 Å². The van der Waals surface area contributed by atoms with Gasteiger partial charge in [-0.05, 0) is 37.9 Å². The van der Waals surface area contributed by atoms with Gasteiger partial charge in [0.2, 0.25) is 0 Å². The summed E-state index contributed by atoms with van der Waals surface area (Å²) >= 11 is 0. The molecule has 2 heterocycles. The average Bonchev–Trinajstić information content (AvgIpc) is 2.63. The van der Waals surface area contributed by atoms with Gasteiger partial charge < -0.3 is 10.2 Å². The van der Waals surface area contributed by atoms with E-state index in [2.05, 4.69) is 10.2 Å². The van der Waals surface area contributed by atoms with Crippen molar-refractivity contribution in [1.82, 2.24) is 10.2 Å². The van der Waals surface area contributed by atoms with Crippen LogP contribution >= 0.6 is 12.4 Å². The number of hydrogen-bond acceptors (Lipinski definition) is 2. The first-order valence-corrected chi connectivity index (χ1v) is 6.44. The van der Waals surface area contributed by atoms with Crippen LogP contribution in [0.1, 0.15) is 29.6 Å². The van der Waals surface area contributed by atoms with Gasteiger partial charge in [0.25, 0.3) is 5.91 Å². The fourth-order valence-electron chi connectivity index (χ4n) is 3.04. The van der Waals surface area contributed by atoms with Gasteiger partial charge in [-0.25, -0.2) is 0 Å². The van der Waals surface area contributed by atoms with Gasteiger partial charge in [-0.15, -0.1) is 12.4 Å². The standard InChI is InChI=1S/C14H18N2O.ClH/c17-14(11-4-2-1-3-5-11)16-12-6-7-13(16)10-15-9-8-12;/h1-5,12-13,15H,6-10H2;1H. The van der Waals surface area contributed by atoms with E-state index in [1.54, 1.807) is 0 Å². The van der Waals surface area contributed by atoms with Gasteiger partial charge in [0.05, 0.1) is 0 Å². The molecule has 0 spiro atoms. The smallest absolute Gasteiger partial charge is 0.254 e. The van der Waals surface area contributed by atoms with Crippen LogP contribution in [-0.4, -0.2) is 36.0 Å². The molecule has 2 fully saturated rings. The first-order chi connectivity index (χ1) is 8.36. The molecule has 1 amide bonds. The molecule has 2 saturated heterocycles. The number of fused-ring (bicyclic) bond motifs is 2. The molecule has 0 aromatic heterocycles. The zero-order valence-electron chi connectivity index (χ0n) is 10.3. The summed E-state index contributed by atoms with van der Waals surface area (Å²) in [7, 11) is 0. The zero-order valence-corrected chi connectivity index (χ0v) is 11.2. The van der Waals surface area contributed by atoms with Crippen LogP contribution in [0.15, 0.2) is 30.3 Å². The molecule has 2 bridgehead atoms. The Bertz CT molecular complexity index is 396. The molecular formula is C14H19ClN2O. The van der Waals surface area contributed by atoms with Crippen molar-refractivity contribution in [3.05, 3.63) is 35.9 Å². The maximum absolute atomic E-state index is 12.5. The van der Waals surface area contributed by atoms with E-state index in [0.717, 1.165) is 31.5 Å². The second kappa shape index (κ2) is 5.72. The lowest BCUT2D eigenvalue weighted by Crippen LogP contribution is -2.42. The molecule has 2 unspecified atom stereocenters. The van der Waals surface area contributed by atoms with Crippen LogP contribution in [0.3, 0.4) is 0 Å². The van der Waals surface area contributed by atoms with Gasteiger partial charge in [0.15, 0.2) is 0 Å². The molecule has 2 aliphatic heterocycles. The lowest BCUT2D eigenvalue weighted by molar-refractivity contribution is 0.0680. The number of nitrogens with zero attached hydrogens (tertiary/aromatic N) is 1. The molecule has 4 heteroatoms. The van der Waals surface area contributed by atoms with Crippen molar-refractivity contribution in [2.75, 3.05) is 13.1 Å². The Morgan fingerprint density at radius 2 is 1.83 bits per heavy atom. The van der Waals surface area contributed by atoms with Gasteiger partial charge in [0.1, 0.15) is 0 Å². The number of amides is 1. The summed E-state index contributed by atoms with van der Waals surface area (Å²) in [5.74, 6) is 0.210. The number of benzene rings is 1. The molecule has 1 aromatic carbocycles. The summed E-state index contributed by atoms with van der Waals surface area (Å²) in [6, 6.07) is 10.5. The van der Waals surface area contributed by atoms with Crippen LogP contribution in [0, 0.1) is 0 Å². The van der Waals surface area contributed by atoms with Crippen molar-refractivity contribution in [1.29, 1.82) is 0 Å². The van der Waals surface area contributed by atoms with Crippen molar-refractivity contribution >= 4 is 18.3 Å². The van der Waals surface area contributed by atoms with Crippen LogP contribution in [0.4, 0.5) is 0 Å². The lowest BCUT2D eigenvalue weighted by Gasteiger charge is -2.27. The molecule has 3 rings (SSSR count). The lowest BCUT2D eigenvalue weighted by atomic mass is 10.1. The third kappa shape index (κ3) is 2.38. The van der Waals surface area contributed by atoms with Crippen LogP contribution < -0.4 is 5.32 Å². The van der Waals surface area contributed by atoms with Gasteiger partial charge in [-0.2, -0.15) is 0 Å². The van der Waals surface area contributed by atoms with E-state index >= 15 is 0 Å². The third-order valence-corrected chi connectivity index (χ3v) is 3.91. The minimum Gasteiger partial charge on any atom is -0.331 e. The summed E-state index contributed by atoms with van der Waals surface area (Å²) in [5.41, 5.74) is 0.825. The van der Waals surface area contributed by atoms with Gasteiger partial charge >= 0.3 is 0 Å². The van der Waals surface area contributed by atoms with Crippen LogP contribution in [-0.2, 0) is 0 Å². The normalized spacial score (nSPS) is 26.3. The first-order valence-electron chi connectivity index (χ1n) is 6.44. The Morgan fingerprint density at radius 3 is 2.61 bits per heavy atom. The van der Waals surface area contributed by atoms with Gasteiger partial charge in [-0.3, -0.25) is 4.79 Å². The topological polar surface area (TPSA) is 32.3 Å². The molecule has 1 aromatic rings. The molecule has 0 aliphatic carbocycles. The molecule has 0 saturated carbocycles. The number of carbonyl (C=O) groups excluding carboxylic acids is 1. The highest BCUT2D eigenvalue weighted by Gasteiger charge is 2.38. The summed E-state index contributed by atoms with van der Waals surface area (Å²) in [6.07, 6.45) is 3.41. The predicted molar refractivity (Wildman–Crippen MR) is 74.2 cm³/mol. The Morgan fingerprint density at radius 1 is 1.11 bits per heavy atom. The Kier molecular flexibility index (Phi) is 4.25. The fraction of sp³-hybridized carbons (Fsp3) is 0.500. The molecule has 18 heavy (non-hydrogen) atoms. The van der Waals surface area contributed by atoms with Crippen molar-refractivity contribution in [2.24, 2.45) is 0 Å². The van der Waals surface area contributed by atoms with Gasteiger partial charge in [-0.1, -0.05) is 18.2 Å². The van der Waals surface area contributed by atoms with Gasteiger partial charge in [0, 0.05) is 24.2 Å². The SMILES string of the molecule is Cl.O=C(c1ccccc1)N1C2CCNCC1CC2. The maximum atomic E-state index is 12.5. The summed E-state index contributed by atoms with van der Waals surface area (Å²) in [6.45, 7) is 1.99. The fourth-order valence-corrected chi connectivity index (χ4v) is 3.04. The number of rotatable bonds is 1. The summed E-state index contributed by atoms with van der Waals surface area (Å²) in [5, 5.41) is 3.42. The molecule has 1 N–H and O–H groups in total. The highest BCUT2D eigenvalue weighted by atomic mass is 35.5. The van der Waals surface area contributed by atoms with Crippen molar-refractivity contribution in [2.45, 2.75) is 31.3 Å².